The van der Waals surface area contributed by atoms with Crippen molar-refractivity contribution in [2.24, 2.45) is 5.73 Å². The molecule has 1 aliphatic rings. The molecule has 116 valence electrons. The van der Waals surface area contributed by atoms with Crippen molar-refractivity contribution in [1.29, 1.82) is 0 Å². The molecule has 2 aromatic rings. The van der Waals surface area contributed by atoms with Crippen LogP contribution in [0.3, 0.4) is 0 Å². The zero-order valence-corrected chi connectivity index (χ0v) is 12.9. The van der Waals surface area contributed by atoms with Crippen LogP contribution in [-0.2, 0) is 6.54 Å². The Morgan fingerprint density at radius 1 is 1.14 bits per heavy atom. The maximum Gasteiger partial charge on any atom is 0.169 e. The number of hydrogen-bond donors (Lipinski definition) is 1. The lowest BCUT2D eigenvalue weighted by molar-refractivity contribution is 0.326. The first-order valence-corrected chi connectivity index (χ1v) is 7.62. The summed E-state index contributed by atoms with van der Waals surface area (Å²) in [5.41, 5.74) is 7.20. The van der Waals surface area contributed by atoms with Crippen molar-refractivity contribution in [3.05, 3.63) is 54.1 Å². The molecule has 4 heteroatoms. The highest BCUT2D eigenvalue weighted by atomic mass is 16.5. The van der Waals surface area contributed by atoms with Crippen molar-refractivity contribution in [3.63, 3.8) is 0 Å². The minimum absolute atomic E-state index is 0.313. The lowest BCUT2D eigenvalue weighted by Gasteiger charge is -2.16. The average molecular weight is 298 g/mol. The van der Waals surface area contributed by atoms with E-state index < -0.39 is 0 Å². The summed E-state index contributed by atoms with van der Waals surface area (Å²) >= 11 is 0. The Labute approximate surface area is 131 Å². The zero-order chi connectivity index (χ0) is 15.4. The van der Waals surface area contributed by atoms with Gasteiger partial charge in [0.25, 0.3) is 0 Å². The largest absolute Gasteiger partial charge is 0.493 e. The zero-order valence-electron chi connectivity index (χ0n) is 12.9. The first kappa shape index (κ1) is 14.9. The molecule has 0 spiro atoms. The van der Waals surface area contributed by atoms with Crippen LogP contribution in [-0.4, -0.2) is 31.1 Å². The van der Waals surface area contributed by atoms with Crippen LogP contribution in [0.2, 0.25) is 0 Å². The van der Waals surface area contributed by atoms with E-state index in [-0.39, 0.29) is 0 Å². The number of nitrogens with zero attached hydrogens (tertiary/aromatic N) is 1. The molecule has 0 bridgehead atoms. The van der Waals surface area contributed by atoms with Gasteiger partial charge in [0, 0.05) is 25.7 Å². The van der Waals surface area contributed by atoms with Crippen LogP contribution >= 0.6 is 0 Å². The number of nitrogens with two attached hydrogens (primary N) is 1. The van der Waals surface area contributed by atoms with E-state index in [0.717, 1.165) is 43.3 Å². The van der Waals surface area contributed by atoms with Crippen molar-refractivity contribution in [2.45, 2.75) is 19.0 Å². The van der Waals surface area contributed by atoms with Gasteiger partial charge in [0.05, 0.1) is 7.11 Å². The first-order chi connectivity index (χ1) is 10.7. The fourth-order valence-electron chi connectivity index (χ4n) is 2.80. The second kappa shape index (κ2) is 6.81. The molecule has 22 heavy (non-hydrogen) atoms. The number of likely N-dealkylation sites (tertiary alicyclic amines) is 1. The molecule has 1 atom stereocenters. The molecule has 1 aliphatic heterocycles. The van der Waals surface area contributed by atoms with Crippen molar-refractivity contribution in [3.8, 4) is 17.2 Å². The third-order valence-corrected chi connectivity index (χ3v) is 3.91. The summed E-state index contributed by atoms with van der Waals surface area (Å²) in [5.74, 6) is 2.29. The molecule has 0 amide bonds. The highest BCUT2D eigenvalue weighted by molar-refractivity contribution is 5.43. The molecule has 0 unspecified atom stereocenters. The Hall–Kier alpha value is -2.04. The fourth-order valence-corrected chi connectivity index (χ4v) is 2.80. The molecular weight excluding hydrogens is 276 g/mol. The molecule has 4 nitrogen and oxygen atoms in total. The second-order valence-corrected chi connectivity index (χ2v) is 5.68. The topological polar surface area (TPSA) is 47.7 Å². The highest BCUT2D eigenvalue weighted by Crippen LogP contribution is 2.31. The van der Waals surface area contributed by atoms with E-state index in [9.17, 15) is 0 Å². The molecule has 0 aliphatic carbocycles. The number of rotatable bonds is 5. The van der Waals surface area contributed by atoms with Gasteiger partial charge in [-0.3, -0.25) is 4.90 Å². The van der Waals surface area contributed by atoms with E-state index in [1.807, 2.05) is 36.4 Å². The van der Waals surface area contributed by atoms with E-state index >= 15 is 0 Å². The molecule has 0 aromatic heterocycles. The second-order valence-electron chi connectivity index (χ2n) is 5.68. The number of ether oxygens (including phenoxy) is 2. The van der Waals surface area contributed by atoms with E-state index in [1.165, 1.54) is 5.56 Å². The fraction of sp³-hybridized carbons (Fsp3) is 0.333. The maximum atomic E-state index is 5.96. The molecule has 2 N–H and O–H groups in total. The summed E-state index contributed by atoms with van der Waals surface area (Å²) in [4.78, 5) is 2.38. The van der Waals surface area contributed by atoms with Crippen LogP contribution in [0.15, 0.2) is 48.5 Å². The standard InChI is InChI=1S/C18H22N2O2/c1-21-17-7-2-3-8-18(17)22-16-6-4-5-14(11-16)12-20-10-9-15(19)13-20/h2-8,11,15H,9-10,12-13,19H2,1H3/t15-/m0/s1. The van der Waals surface area contributed by atoms with Crippen LogP contribution in [0, 0.1) is 0 Å². The Balaban J connectivity index is 1.71. The van der Waals surface area contributed by atoms with Crippen LogP contribution in [0.4, 0.5) is 0 Å². The maximum absolute atomic E-state index is 5.96. The minimum atomic E-state index is 0.313. The first-order valence-electron chi connectivity index (χ1n) is 7.62. The van der Waals surface area contributed by atoms with Gasteiger partial charge in [-0.15, -0.1) is 0 Å². The van der Waals surface area contributed by atoms with E-state index in [0.29, 0.717) is 6.04 Å². The van der Waals surface area contributed by atoms with Gasteiger partial charge >= 0.3 is 0 Å². The molecule has 1 fully saturated rings. The molecule has 1 heterocycles. The van der Waals surface area contributed by atoms with Crippen molar-refractivity contribution < 1.29 is 9.47 Å². The summed E-state index contributed by atoms with van der Waals surface area (Å²) in [6.07, 6.45) is 1.08. The summed E-state index contributed by atoms with van der Waals surface area (Å²) < 4.78 is 11.3. The van der Waals surface area contributed by atoms with E-state index in [4.69, 9.17) is 15.2 Å². The number of para-hydroxylation sites is 2. The molecular formula is C18H22N2O2. The van der Waals surface area contributed by atoms with Gasteiger partial charge < -0.3 is 15.2 Å². The Bertz CT molecular complexity index is 630. The van der Waals surface area contributed by atoms with Gasteiger partial charge in [0.1, 0.15) is 5.75 Å². The van der Waals surface area contributed by atoms with Crippen molar-refractivity contribution in [1.82, 2.24) is 4.90 Å². The quantitative estimate of drug-likeness (QED) is 0.922. The SMILES string of the molecule is COc1ccccc1Oc1cccc(CN2CC[C@H](N)C2)c1. The molecule has 1 saturated heterocycles. The highest BCUT2D eigenvalue weighted by Gasteiger charge is 2.18. The number of methoxy groups -OCH3 is 1. The van der Waals surface area contributed by atoms with Gasteiger partial charge in [-0.1, -0.05) is 24.3 Å². The van der Waals surface area contributed by atoms with Gasteiger partial charge in [-0.05, 0) is 36.2 Å². The normalized spacial score (nSPS) is 18.4. The molecule has 2 aromatic carbocycles. The lowest BCUT2D eigenvalue weighted by atomic mass is 10.2. The summed E-state index contributed by atoms with van der Waals surface area (Å²) in [7, 11) is 1.65. The van der Waals surface area contributed by atoms with Gasteiger partial charge in [0.15, 0.2) is 11.5 Å². The van der Waals surface area contributed by atoms with E-state index in [2.05, 4.69) is 17.0 Å². The predicted molar refractivity (Wildman–Crippen MR) is 87.4 cm³/mol. The minimum Gasteiger partial charge on any atom is -0.493 e. The van der Waals surface area contributed by atoms with Crippen molar-refractivity contribution >= 4 is 0 Å². The third kappa shape index (κ3) is 3.59. The molecule has 0 saturated carbocycles. The Morgan fingerprint density at radius 2 is 1.95 bits per heavy atom. The van der Waals surface area contributed by atoms with Crippen LogP contribution in [0.1, 0.15) is 12.0 Å². The molecule has 0 radical (unpaired) electrons. The third-order valence-electron chi connectivity index (χ3n) is 3.91. The van der Waals surface area contributed by atoms with Gasteiger partial charge in [-0.25, -0.2) is 0 Å². The van der Waals surface area contributed by atoms with Crippen molar-refractivity contribution in [2.75, 3.05) is 20.2 Å². The van der Waals surface area contributed by atoms with E-state index in [1.54, 1.807) is 7.11 Å². The molecule has 3 rings (SSSR count). The number of benzene rings is 2. The van der Waals surface area contributed by atoms with Crippen LogP contribution in [0.25, 0.3) is 0 Å². The monoisotopic (exact) mass is 298 g/mol. The van der Waals surface area contributed by atoms with Gasteiger partial charge in [0.2, 0.25) is 0 Å². The van der Waals surface area contributed by atoms with Gasteiger partial charge in [-0.2, -0.15) is 0 Å². The average Bonchev–Trinajstić information content (AvgIpc) is 2.93. The lowest BCUT2D eigenvalue weighted by Crippen LogP contribution is -2.26. The van der Waals surface area contributed by atoms with Crippen LogP contribution < -0.4 is 15.2 Å². The smallest absolute Gasteiger partial charge is 0.169 e. The Morgan fingerprint density at radius 3 is 2.68 bits per heavy atom. The number of hydrogen-bond acceptors (Lipinski definition) is 4. The summed E-state index contributed by atoms with van der Waals surface area (Å²) in [5, 5.41) is 0. The Kier molecular flexibility index (Phi) is 4.61. The predicted octanol–water partition coefficient (Wildman–Crippen LogP) is 3.02. The summed E-state index contributed by atoms with van der Waals surface area (Å²) in [6.45, 7) is 2.95. The summed E-state index contributed by atoms with van der Waals surface area (Å²) in [6, 6.07) is 16.2. The van der Waals surface area contributed by atoms with Crippen LogP contribution in [0.5, 0.6) is 17.2 Å².